The van der Waals surface area contributed by atoms with Gasteiger partial charge in [-0.3, -0.25) is 5.32 Å². The molecule has 0 saturated heterocycles. The van der Waals surface area contributed by atoms with Crippen LogP contribution in [0.15, 0.2) is 141 Å². The molecule has 0 saturated carbocycles. The average molecular weight is 573 g/mol. The molecule has 5 aromatic carbocycles. The van der Waals surface area contributed by atoms with Gasteiger partial charge in [0.15, 0.2) is 0 Å². The van der Waals surface area contributed by atoms with Crippen molar-refractivity contribution < 1.29 is 8.83 Å². The van der Waals surface area contributed by atoms with E-state index in [9.17, 15) is 0 Å². The molecule has 0 bridgehead atoms. The lowest BCUT2D eigenvalue weighted by Gasteiger charge is -2.34. The van der Waals surface area contributed by atoms with Crippen LogP contribution in [0.5, 0.6) is 0 Å². The van der Waals surface area contributed by atoms with E-state index in [1.54, 1.807) is 0 Å². The zero-order chi connectivity index (χ0) is 29.0. The normalized spacial score (nSPS) is 18.0. The fraction of sp³-hybridized carbons (Fsp3) is 0.0789. The molecule has 6 heteroatoms. The van der Waals surface area contributed by atoms with Crippen LogP contribution in [0.4, 0.5) is 0 Å². The molecule has 0 radical (unpaired) electrons. The number of rotatable bonds is 4. The van der Waals surface area contributed by atoms with E-state index in [0.717, 1.165) is 77.9 Å². The zero-order valence-electron chi connectivity index (χ0n) is 23.7. The molecule has 3 N–H and O–H groups in total. The van der Waals surface area contributed by atoms with E-state index in [0.29, 0.717) is 6.54 Å². The van der Waals surface area contributed by atoms with Crippen LogP contribution in [0, 0.1) is 0 Å². The Morgan fingerprint density at radius 2 is 1.32 bits per heavy atom. The molecule has 7 aromatic rings. The minimum atomic E-state index is -0.220. The van der Waals surface area contributed by atoms with Crippen LogP contribution in [0.2, 0.25) is 0 Å². The van der Waals surface area contributed by atoms with Gasteiger partial charge in [-0.25, -0.2) is 4.99 Å². The quantitative estimate of drug-likeness (QED) is 0.199. The Kier molecular flexibility index (Phi) is 5.67. The summed E-state index contributed by atoms with van der Waals surface area (Å²) in [6.45, 7) is 0.607. The maximum absolute atomic E-state index is 6.71. The summed E-state index contributed by atoms with van der Waals surface area (Å²) >= 11 is 0. The topological polar surface area (TPSA) is 74.7 Å². The molecule has 2 aromatic heterocycles. The number of furan rings is 2. The van der Waals surface area contributed by atoms with Crippen molar-refractivity contribution in [2.24, 2.45) is 4.99 Å². The number of amidine groups is 1. The van der Waals surface area contributed by atoms with E-state index < -0.39 is 0 Å². The van der Waals surface area contributed by atoms with Gasteiger partial charge in [0, 0.05) is 50.2 Å². The summed E-state index contributed by atoms with van der Waals surface area (Å²) in [6.07, 6.45) is 1.66. The van der Waals surface area contributed by atoms with E-state index in [2.05, 4.69) is 107 Å². The Hall–Kier alpha value is -5.59. The summed E-state index contributed by atoms with van der Waals surface area (Å²) < 4.78 is 13.1. The van der Waals surface area contributed by atoms with Crippen LogP contribution in [-0.4, -0.2) is 12.0 Å². The van der Waals surface area contributed by atoms with Crippen LogP contribution in [0.25, 0.3) is 49.6 Å². The highest BCUT2D eigenvalue weighted by Gasteiger charge is 2.32. The van der Waals surface area contributed by atoms with Gasteiger partial charge in [-0.2, -0.15) is 0 Å². The molecular weight excluding hydrogens is 544 g/mol. The highest BCUT2D eigenvalue weighted by molar-refractivity contribution is 6.12. The van der Waals surface area contributed by atoms with Gasteiger partial charge in [0.25, 0.3) is 0 Å². The SMILES string of the molecule is C1=C(C2NC(c3ccccc3)=NC(c3ccccc3)N2)c2c(oc3c(-c4cccc5c4oc4ccccc45)cccc23)CN1. The lowest BCUT2D eigenvalue weighted by atomic mass is 9.94. The summed E-state index contributed by atoms with van der Waals surface area (Å²) in [5.41, 5.74) is 8.97. The van der Waals surface area contributed by atoms with Crippen LogP contribution in [0.3, 0.4) is 0 Å². The lowest BCUT2D eigenvalue weighted by molar-refractivity contribution is 0.455. The first-order valence-corrected chi connectivity index (χ1v) is 14.9. The second-order valence-corrected chi connectivity index (χ2v) is 11.2. The molecule has 2 aliphatic rings. The second kappa shape index (κ2) is 10.0. The van der Waals surface area contributed by atoms with Crippen molar-refractivity contribution in [2.75, 3.05) is 0 Å². The first-order valence-electron chi connectivity index (χ1n) is 14.9. The number of aliphatic imine (C=N–C) groups is 1. The van der Waals surface area contributed by atoms with Gasteiger partial charge in [0.05, 0.1) is 6.54 Å². The predicted octanol–water partition coefficient (Wildman–Crippen LogP) is 8.11. The van der Waals surface area contributed by atoms with Crippen molar-refractivity contribution in [3.8, 4) is 11.1 Å². The minimum Gasteiger partial charge on any atom is -0.458 e. The van der Waals surface area contributed by atoms with E-state index in [-0.39, 0.29) is 12.3 Å². The van der Waals surface area contributed by atoms with Gasteiger partial charge in [-0.1, -0.05) is 115 Å². The maximum Gasteiger partial charge on any atom is 0.143 e. The van der Waals surface area contributed by atoms with Crippen LogP contribution < -0.4 is 16.0 Å². The van der Waals surface area contributed by atoms with Crippen molar-refractivity contribution in [1.82, 2.24) is 16.0 Å². The third kappa shape index (κ3) is 3.96. The second-order valence-electron chi connectivity index (χ2n) is 11.2. The minimum absolute atomic E-state index is 0.219. The molecule has 4 heterocycles. The summed E-state index contributed by atoms with van der Waals surface area (Å²) in [4.78, 5) is 5.09. The molecular formula is C38H28N4O2. The first kappa shape index (κ1) is 25.0. The predicted molar refractivity (Wildman–Crippen MR) is 176 cm³/mol. The van der Waals surface area contributed by atoms with Crippen molar-refractivity contribution >= 4 is 44.3 Å². The Labute approximate surface area is 253 Å². The highest BCUT2D eigenvalue weighted by Crippen LogP contribution is 2.43. The van der Waals surface area contributed by atoms with E-state index >= 15 is 0 Å². The van der Waals surface area contributed by atoms with Crippen molar-refractivity contribution in [2.45, 2.75) is 18.9 Å². The van der Waals surface area contributed by atoms with Crippen molar-refractivity contribution in [1.29, 1.82) is 0 Å². The monoisotopic (exact) mass is 572 g/mol. The smallest absolute Gasteiger partial charge is 0.143 e. The molecule has 6 nitrogen and oxygen atoms in total. The number of fused-ring (bicyclic) bond motifs is 6. The number of hydrogen-bond donors (Lipinski definition) is 3. The van der Waals surface area contributed by atoms with Gasteiger partial charge >= 0.3 is 0 Å². The molecule has 0 aliphatic carbocycles. The van der Waals surface area contributed by atoms with Crippen LogP contribution >= 0.6 is 0 Å². The number of nitrogens with zero attached hydrogens (tertiary/aromatic N) is 1. The maximum atomic E-state index is 6.71. The summed E-state index contributed by atoms with van der Waals surface area (Å²) in [5.74, 6) is 1.76. The number of hydrogen-bond acceptors (Lipinski definition) is 6. The molecule has 44 heavy (non-hydrogen) atoms. The third-order valence-electron chi connectivity index (χ3n) is 8.63. The van der Waals surface area contributed by atoms with Crippen LogP contribution in [0.1, 0.15) is 28.6 Å². The summed E-state index contributed by atoms with van der Waals surface area (Å²) in [7, 11) is 0. The van der Waals surface area contributed by atoms with Gasteiger partial charge in [0.1, 0.15) is 40.7 Å². The Balaban J connectivity index is 1.17. The summed E-state index contributed by atoms with van der Waals surface area (Å²) in [5, 5.41) is 14.2. The molecule has 212 valence electrons. The molecule has 2 aliphatic heterocycles. The average Bonchev–Trinajstić information content (AvgIpc) is 3.68. The Bertz CT molecular complexity index is 2250. The number of nitrogens with one attached hydrogen (secondary N) is 3. The summed E-state index contributed by atoms with van der Waals surface area (Å²) in [6, 6.07) is 41.6. The Morgan fingerprint density at radius 3 is 2.14 bits per heavy atom. The van der Waals surface area contributed by atoms with Crippen LogP contribution in [-0.2, 0) is 6.54 Å². The zero-order valence-corrected chi connectivity index (χ0v) is 23.7. The molecule has 0 fully saturated rings. The standard InChI is InChI=1S/C38H28N4O2/c1-3-11-23(12-4-1)36-40-37(24-13-5-2-6-14-24)42-38(41-36)30-21-39-22-32-33(30)29-19-10-18-28(35(29)44-32)27-17-9-16-26-25-15-7-8-20-31(25)43-34(26)27/h1-21,36,38-39,41H,22H2,(H,40,42). The first-order chi connectivity index (χ1) is 21.8. The molecule has 2 atom stereocenters. The highest BCUT2D eigenvalue weighted by atomic mass is 16.3. The third-order valence-corrected chi connectivity index (χ3v) is 8.63. The molecule has 0 spiro atoms. The molecule has 0 amide bonds. The van der Waals surface area contributed by atoms with Gasteiger partial charge in [-0.05, 0) is 11.6 Å². The fourth-order valence-electron chi connectivity index (χ4n) is 6.60. The molecule has 2 unspecified atom stereocenters. The van der Waals surface area contributed by atoms with Gasteiger partial charge in [-0.15, -0.1) is 0 Å². The number of benzene rings is 5. The van der Waals surface area contributed by atoms with E-state index in [4.69, 9.17) is 13.8 Å². The lowest BCUT2D eigenvalue weighted by Crippen LogP contribution is -2.52. The van der Waals surface area contributed by atoms with Gasteiger partial charge < -0.3 is 19.5 Å². The fourth-order valence-corrected chi connectivity index (χ4v) is 6.60. The largest absolute Gasteiger partial charge is 0.458 e. The van der Waals surface area contributed by atoms with Crippen molar-refractivity contribution in [3.63, 3.8) is 0 Å². The molecule has 9 rings (SSSR count). The van der Waals surface area contributed by atoms with E-state index in [1.165, 1.54) is 0 Å². The van der Waals surface area contributed by atoms with Crippen molar-refractivity contribution in [3.05, 3.63) is 150 Å². The van der Waals surface area contributed by atoms with Gasteiger partial charge in [0.2, 0.25) is 0 Å². The Morgan fingerprint density at radius 1 is 0.636 bits per heavy atom. The number of para-hydroxylation sites is 3. The van der Waals surface area contributed by atoms with E-state index in [1.807, 2.05) is 36.4 Å².